The van der Waals surface area contributed by atoms with Crippen LogP contribution in [0.15, 0.2) is 18.2 Å². The van der Waals surface area contributed by atoms with E-state index in [1.54, 1.807) is 0 Å². The molecule has 98 valence electrons. The van der Waals surface area contributed by atoms with Crippen LogP contribution in [0.5, 0.6) is 0 Å². The summed E-state index contributed by atoms with van der Waals surface area (Å²) in [5.41, 5.74) is -0.315. The second kappa shape index (κ2) is 6.32. The van der Waals surface area contributed by atoms with Gasteiger partial charge in [0.25, 0.3) is 5.91 Å². The molecule has 0 aliphatic rings. The maximum atomic E-state index is 13.5. The molecule has 0 spiro atoms. The summed E-state index contributed by atoms with van der Waals surface area (Å²) in [5.74, 6) is -2.58. The van der Waals surface area contributed by atoms with Crippen molar-refractivity contribution in [1.82, 2.24) is 5.32 Å². The molecule has 1 atom stereocenters. The fourth-order valence-corrected chi connectivity index (χ4v) is 1.41. The van der Waals surface area contributed by atoms with Gasteiger partial charge in [0.1, 0.15) is 0 Å². The Kier molecular flexibility index (Phi) is 5.06. The van der Waals surface area contributed by atoms with Crippen molar-refractivity contribution in [3.05, 3.63) is 34.6 Å². The third-order valence-corrected chi connectivity index (χ3v) is 2.46. The van der Waals surface area contributed by atoms with Crippen molar-refractivity contribution in [1.29, 1.82) is 0 Å². The summed E-state index contributed by atoms with van der Waals surface area (Å²) in [5, 5.41) is 10.8. The number of hydrogen-bond donors (Lipinski definition) is 2. The molecule has 0 heterocycles. The Labute approximate surface area is 108 Å². The zero-order valence-electron chi connectivity index (χ0n) is 9.44. The molecule has 5 nitrogen and oxygen atoms in total. The number of methoxy groups -OCH3 is 1. The Hall–Kier alpha value is -1.66. The molecular weight excluding hydrogens is 265 g/mol. The minimum atomic E-state index is -1.25. The molecule has 2 N–H and O–H groups in total. The zero-order valence-corrected chi connectivity index (χ0v) is 10.2. The molecule has 0 bridgehead atoms. The molecule has 0 aliphatic carbocycles. The maximum Gasteiger partial charge on any atom is 0.330 e. The Bertz CT molecular complexity index is 466. The Morgan fingerprint density at radius 1 is 1.56 bits per heavy atom. The molecule has 1 aromatic carbocycles. The zero-order chi connectivity index (χ0) is 13.7. The molecule has 0 saturated heterocycles. The molecule has 0 fully saturated rings. The third kappa shape index (κ3) is 3.18. The van der Waals surface area contributed by atoms with Crippen molar-refractivity contribution in [2.24, 2.45) is 0 Å². The van der Waals surface area contributed by atoms with Crippen molar-refractivity contribution in [3.8, 4) is 0 Å². The predicted molar refractivity (Wildman–Crippen MR) is 61.8 cm³/mol. The highest BCUT2D eigenvalue weighted by Crippen LogP contribution is 2.17. The Morgan fingerprint density at radius 2 is 2.22 bits per heavy atom. The first-order chi connectivity index (χ1) is 8.51. The van der Waals surface area contributed by atoms with Crippen LogP contribution in [0.4, 0.5) is 4.39 Å². The van der Waals surface area contributed by atoms with Crippen LogP contribution >= 0.6 is 11.6 Å². The number of ether oxygens (including phenoxy) is 1. The van der Waals surface area contributed by atoms with Gasteiger partial charge in [0.05, 0.1) is 24.3 Å². The number of nitrogens with one attached hydrogen (secondary N) is 1. The highest BCUT2D eigenvalue weighted by Gasteiger charge is 2.23. The molecule has 0 radical (unpaired) electrons. The average molecular weight is 276 g/mol. The van der Waals surface area contributed by atoms with Gasteiger partial charge < -0.3 is 15.2 Å². The summed E-state index contributed by atoms with van der Waals surface area (Å²) < 4.78 is 17.9. The fourth-order valence-electron chi connectivity index (χ4n) is 1.24. The first-order valence-electron chi connectivity index (χ1n) is 4.94. The molecule has 0 aromatic heterocycles. The smallest absolute Gasteiger partial charge is 0.330 e. The van der Waals surface area contributed by atoms with E-state index in [1.807, 2.05) is 0 Å². The van der Waals surface area contributed by atoms with E-state index in [4.69, 9.17) is 16.7 Å². The number of esters is 1. The van der Waals surface area contributed by atoms with Crippen molar-refractivity contribution in [2.45, 2.75) is 6.04 Å². The monoisotopic (exact) mass is 275 g/mol. The summed E-state index contributed by atoms with van der Waals surface area (Å²) in [6.45, 7) is -0.652. The van der Waals surface area contributed by atoms with Crippen molar-refractivity contribution < 1.29 is 23.8 Å². The van der Waals surface area contributed by atoms with Gasteiger partial charge in [0.15, 0.2) is 11.9 Å². The van der Waals surface area contributed by atoms with E-state index >= 15 is 0 Å². The number of hydrogen-bond acceptors (Lipinski definition) is 4. The van der Waals surface area contributed by atoms with Crippen LogP contribution in [-0.2, 0) is 9.53 Å². The van der Waals surface area contributed by atoms with Crippen LogP contribution in [0, 0.1) is 5.82 Å². The minimum absolute atomic E-state index is 0.207. The van der Waals surface area contributed by atoms with Gasteiger partial charge in [-0.05, 0) is 12.1 Å². The molecular formula is C11H11ClFNO4. The summed E-state index contributed by atoms with van der Waals surface area (Å²) in [4.78, 5) is 22.8. The van der Waals surface area contributed by atoms with Crippen LogP contribution in [0.2, 0.25) is 5.02 Å². The van der Waals surface area contributed by atoms with E-state index in [2.05, 4.69) is 10.1 Å². The van der Waals surface area contributed by atoms with E-state index in [0.717, 1.165) is 7.11 Å². The number of rotatable bonds is 4. The lowest BCUT2D eigenvalue weighted by atomic mass is 10.2. The normalized spacial score (nSPS) is 11.8. The lowest BCUT2D eigenvalue weighted by molar-refractivity contribution is -0.143. The number of aliphatic hydroxyl groups excluding tert-OH is 1. The number of amides is 1. The lowest BCUT2D eigenvalue weighted by Gasteiger charge is -2.14. The van der Waals surface area contributed by atoms with Crippen LogP contribution in [0.3, 0.4) is 0 Å². The Morgan fingerprint density at radius 3 is 2.78 bits per heavy atom. The number of carbonyl (C=O) groups is 2. The molecule has 1 aromatic rings. The average Bonchev–Trinajstić information content (AvgIpc) is 2.37. The van der Waals surface area contributed by atoms with Crippen LogP contribution in [0.1, 0.15) is 10.4 Å². The molecule has 0 aliphatic heterocycles. The van der Waals surface area contributed by atoms with Gasteiger partial charge in [-0.1, -0.05) is 17.7 Å². The number of aliphatic hydroxyl groups is 1. The minimum Gasteiger partial charge on any atom is -0.467 e. The van der Waals surface area contributed by atoms with Gasteiger partial charge in [-0.3, -0.25) is 4.79 Å². The van der Waals surface area contributed by atoms with Crippen LogP contribution in [-0.4, -0.2) is 36.7 Å². The topological polar surface area (TPSA) is 75.6 Å². The predicted octanol–water partition coefficient (Wildman–Crippen LogP) is 0.743. The lowest BCUT2D eigenvalue weighted by Crippen LogP contribution is -2.44. The van der Waals surface area contributed by atoms with Gasteiger partial charge in [0.2, 0.25) is 0 Å². The molecule has 1 amide bonds. The van der Waals surface area contributed by atoms with Gasteiger partial charge in [-0.25, -0.2) is 9.18 Å². The van der Waals surface area contributed by atoms with E-state index in [9.17, 15) is 14.0 Å². The van der Waals surface area contributed by atoms with E-state index in [0.29, 0.717) is 0 Å². The number of carbonyl (C=O) groups excluding carboxylic acids is 2. The molecule has 18 heavy (non-hydrogen) atoms. The van der Waals surface area contributed by atoms with Gasteiger partial charge in [-0.15, -0.1) is 0 Å². The standard InChI is InChI=1S/C11H11ClFNO4/c1-18-11(17)8(5-15)14-10(16)6-3-2-4-7(12)9(6)13/h2-4,8,15H,5H2,1H3,(H,14,16). The molecule has 1 unspecified atom stereocenters. The summed E-state index contributed by atoms with van der Waals surface area (Å²) in [6.07, 6.45) is 0. The summed E-state index contributed by atoms with van der Waals surface area (Å²) >= 11 is 5.52. The highest BCUT2D eigenvalue weighted by atomic mass is 35.5. The second-order valence-corrected chi connectivity index (χ2v) is 3.74. The largest absolute Gasteiger partial charge is 0.467 e. The number of benzene rings is 1. The van der Waals surface area contributed by atoms with Crippen LogP contribution < -0.4 is 5.32 Å². The Balaban J connectivity index is 2.88. The molecule has 1 rings (SSSR count). The molecule has 0 saturated carbocycles. The first-order valence-corrected chi connectivity index (χ1v) is 5.32. The summed E-state index contributed by atoms with van der Waals surface area (Å²) in [6, 6.07) is 2.65. The fraction of sp³-hybridized carbons (Fsp3) is 0.273. The van der Waals surface area contributed by atoms with Crippen molar-refractivity contribution in [3.63, 3.8) is 0 Å². The van der Waals surface area contributed by atoms with E-state index < -0.39 is 30.3 Å². The quantitative estimate of drug-likeness (QED) is 0.795. The van der Waals surface area contributed by atoms with Gasteiger partial charge in [-0.2, -0.15) is 0 Å². The van der Waals surface area contributed by atoms with Gasteiger partial charge >= 0.3 is 5.97 Å². The SMILES string of the molecule is COC(=O)C(CO)NC(=O)c1cccc(Cl)c1F. The van der Waals surface area contributed by atoms with Crippen LogP contribution in [0.25, 0.3) is 0 Å². The van der Waals surface area contributed by atoms with E-state index in [-0.39, 0.29) is 10.6 Å². The van der Waals surface area contributed by atoms with E-state index in [1.165, 1.54) is 18.2 Å². The third-order valence-electron chi connectivity index (χ3n) is 2.17. The maximum absolute atomic E-state index is 13.5. The first kappa shape index (κ1) is 14.4. The van der Waals surface area contributed by atoms with Crippen molar-refractivity contribution >= 4 is 23.5 Å². The highest BCUT2D eigenvalue weighted by molar-refractivity contribution is 6.31. The summed E-state index contributed by atoms with van der Waals surface area (Å²) in [7, 11) is 1.11. The number of halogens is 2. The second-order valence-electron chi connectivity index (χ2n) is 3.33. The molecule has 7 heteroatoms. The van der Waals surface area contributed by atoms with Gasteiger partial charge in [0, 0.05) is 0 Å². The van der Waals surface area contributed by atoms with Crippen molar-refractivity contribution in [2.75, 3.05) is 13.7 Å².